The molecule has 2 aromatic rings. The largest absolute Gasteiger partial charge is 0.504 e. The fourth-order valence-corrected chi connectivity index (χ4v) is 4.08. The lowest BCUT2D eigenvalue weighted by molar-refractivity contribution is -0.147. The van der Waals surface area contributed by atoms with Gasteiger partial charge in [-0.15, -0.1) is 11.3 Å². The number of thiophene rings is 1. The zero-order valence-electron chi connectivity index (χ0n) is 14.7. The molecule has 2 heterocycles. The number of fused-ring (bicyclic) bond motifs is 1. The zero-order chi connectivity index (χ0) is 18.0. The summed E-state index contributed by atoms with van der Waals surface area (Å²) in [4.78, 5) is 16.5. The first-order valence-electron chi connectivity index (χ1n) is 8.40. The summed E-state index contributed by atoms with van der Waals surface area (Å²) in [5.74, 6) is 0.422. The van der Waals surface area contributed by atoms with Gasteiger partial charge >= 0.3 is 5.97 Å². The van der Waals surface area contributed by atoms with Crippen molar-refractivity contribution in [3.63, 3.8) is 0 Å². The Morgan fingerprint density at radius 1 is 1.44 bits per heavy atom. The highest BCUT2D eigenvalue weighted by Crippen LogP contribution is 2.39. The molecular formula is C19H23NO4S. The fourth-order valence-electron chi connectivity index (χ4n) is 3.23. The molecule has 0 spiro atoms. The normalized spacial score (nSPS) is 15.8. The van der Waals surface area contributed by atoms with E-state index in [4.69, 9.17) is 9.47 Å². The lowest BCUT2D eigenvalue weighted by Crippen LogP contribution is -2.42. The molecule has 0 amide bonds. The van der Waals surface area contributed by atoms with Gasteiger partial charge in [0.1, 0.15) is 12.6 Å². The van der Waals surface area contributed by atoms with Gasteiger partial charge in [0.2, 0.25) is 0 Å². The molecule has 0 saturated carbocycles. The molecule has 0 radical (unpaired) electrons. The fraction of sp³-hybridized carbons (Fsp3) is 0.421. The Morgan fingerprint density at radius 2 is 2.24 bits per heavy atom. The lowest BCUT2D eigenvalue weighted by Gasteiger charge is -2.27. The summed E-state index contributed by atoms with van der Waals surface area (Å²) in [6.45, 7) is 5.59. The summed E-state index contributed by atoms with van der Waals surface area (Å²) in [6, 6.07) is 7.60. The first kappa shape index (κ1) is 17.8. The van der Waals surface area contributed by atoms with Crippen LogP contribution in [0, 0.1) is 6.92 Å². The van der Waals surface area contributed by atoms with Crippen molar-refractivity contribution < 1.29 is 19.4 Å². The molecule has 25 heavy (non-hydrogen) atoms. The molecule has 1 aliphatic rings. The highest BCUT2D eigenvalue weighted by Gasteiger charge is 2.29. The number of carbonyl (C=O) groups is 1. The van der Waals surface area contributed by atoms with Gasteiger partial charge in [0, 0.05) is 28.4 Å². The minimum Gasteiger partial charge on any atom is -0.504 e. The quantitative estimate of drug-likeness (QED) is 0.844. The number of phenolic OH excluding ortho intramolecular Hbond substituents is 1. The standard InChI is InChI=1S/C19H23NO4S/c1-4-15(19(22)23-3)20-7-8-24-18-14(11-20)9-13(10-16(18)21)17-6-5-12(2)25-17/h5-6,9-10,15,21H,4,7-8,11H2,1-3H3. The van der Waals surface area contributed by atoms with Crippen molar-refractivity contribution in [1.82, 2.24) is 4.90 Å². The summed E-state index contributed by atoms with van der Waals surface area (Å²) < 4.78 is 10.7. The molecule has 1 N–H and O–H groups in total. The Morgan fingerprint density at radius 3 is 2.88 bits per heavy atom. The number of benzene rings is 1. The van der Waals surface area contributed by atoms with Crippen LogP contribution in [0.1, 0.15) is 23.8 Å². The minimum absolute atomic E-state index is 0.145. The number of hydrogen-bond acceptors (Lipinski definition) is 6. The maximum atomic E-state index is 12.1. The van der Waals surface area contributed by atoms with E-state index in [1.807, 2.05) is 13.0 Å². The molecule has 0 fully saturated rings. The van der Waals surface area contributed by atoms with Gasteiger partial charge < -0.3 is 14.6 Å². The summed E-state index contributed by atoms with van der Waals surface area (Å²) in [7, 11) is 1.41. The van der Waals surface area contributed by atoms with Crippen molar-refractivity contribution in [2.75, 3.05) is 20.3 Å². The smallest absolute Gasteiger partial charge is 0.323 e. The molecule has 5 nitrogen and oxygen atoms in total. The number of aryl methyl sites for hydroxylation is 1. The van der Waals surface area contributed by atoms with Crippen molar-refractivity contribution in [2.45, 2.75) is 32.9 Å². The van der Waals surface area contributed by atoms with Crippen molar-refractivity contribution in [3.05, 3.63) is 34.7 Å². The second-order valence-electron chi connectivity index (χ2n) is 6.16. The Labute approximate surface area is 151 Å². The number of rotatable bonds is 4. The third kappa shape index (κ3) is 3.65. The molecule has 0 bridgehead atoms. The highest BCUT2D eigenvalue weighted by molar-refractivity contribution is 7.15. The zero-order valence-corrected chi connectivity index (χ0v) is 15.6. The van der Waals surface area contributed by atoms with Crippen LogP contribution in [0.5, 0.6) is 11.5 Å². The van der Waals surface area contributed by atoms with E-state index >= 15 is 0 Å². The summed E-state index contributed by atoms with van der Waals surface area (Å²) >= 11 is 1.69. The number of nitrogens with zero attached hydrogens (tertiary/aromatic N) is 1. The predicted molar refractivity (Wildman–Crippen MR) is 98.2 cm³/mol. The van der Waals surface area contributed by atoms with E-state index in [2.05, 4.69) is 24.0 Å². The molecule has 1 unspecified atom stereocenters. The Hall–Kier alpha value is -2.05. The summed E-state index contributed by atoms with van der Waals surface area (Å²) in [6.07, 6.45) is 0.664. The van der Waals surface area contributed by atoms with Gasteiger partial charge in [-0.3, -0.25) is 9.69 Å². The third-order valence-electron chi connectivity index (χ3n) is 4.47. The van der Waals surface area contributed by atoms with Crippen LogP contribution in [0.2, 0.25) is 0 Å². The van der Waals surface area contributed by atoms with Gasteiger partial charge in [-0.25, -0.2) is 0 Å². The van der Waals surface area contributed by atoms with Gasteiger partial charge in [-0.1, -0.05) is 6.92 Å². The van der Waals surface area contributed by atoms with Crippen LogP contribution in [0.25, 0.3) is 10.4 Å². The van der Waals surface area contributed by atoms with Gasteiger partial charge in [-0.05, 0) is 43.2 Å². The SMILES string of the molecule is CCC(C(=O)OC)N1CCOc2c(O)cc(-c3ccc(C)s3)cc2C1. The molecule has 1 aliphatic heterocycles. The third-order valence-corrected chi connectivity index (χ3v) is 5.52. The first-order valence-corrected chi connectivity index (χ1v) is 9.22. The molecule has 1 aromatic heterocycles. The van der Waals surface area contributed by atoms with Crippen molar-refractivity contribution >= 4 is 17.3 Å². The van der Waals surface area contributed by atoms with E-state index in [1.54, 1.807) is 17.4 Å². The number of ether oxygens (including phenoxy) is 2. The van der Waals surface area contributed by atoms with Gasteiger partial charge in [0.25, 0.3) is 0 Å². The first-order chi connectivity index (χ1) is 12.0. The number of carbonyl (C=O) groups excluding carboxylic acids is 1. The van der Waals surface area contributed by atoms with Gasteiger partial charge in [0.05, 0.1) is 7.11 Å². The van der Waals surface area contributed by atoms with Crippen LogP contribution < -0.4 is 4.74 Å². The van der Waals surface area contributed by atoms with Crippen LogP contribution >= 0.6 is 11.3 Å². The maximum absolute atomic E-state index is 12.1. The summed E-state index contributed by atoms with van der Waals surface area (Å²) in [5, 5.41) is 10.4. The van der Waals surface area contributed by atoms with E-state index in [0.29, 0.717) is 31.9 Å². The molecule has 0 aliphatic carbocycles. The second-order valence-corrected chi connectivity index (χ2v) is 7.45. The number of esters is 1. The van der Waals surface area contributed by atoms with Crippen LogP contribution in [0.3, 0.4) is 0 Å². The van der Waals surface area contributed by atoms with Gasteiger partial charge in [-0.2, -0.15) is 0 Å². The Bertz CT molecular complexity index is 771. The van der Waals surface area contributed by atoms with Crippen molar-refractivity contribution in [2.24, 2.45) is 0 Å². The molecule has 1 aromatic carbocycles. The van der Waals surface area contributed by atoms with Crippen molar-refractivity contribution in [3.8, 4) is 21.9 Å². The lowest BCUT2D eigenvalue weighted by atomic mass is 10.1. The number of hydrogen-bond donors (Lipinski definition) is 1. The highest BCUT2D eigenvalue weighted by atomic mass is 32.1. The van der Waals surface area contributed by atoms with Crippen LogP contribution in [-0.2, 0) is 16.1 Å². The molecule has 1 atom stereocenters. The van der Waals surface area contributed by atoms with Crippen LogP contribution in [0.15, 0.2) is 24.3 Å². The Balaban J connectivity index is 1.96. The average Bonchev–Trinajstić information content (AvgIpc) is 2.91. The summed E-state index contributed by atoms with van der Waals surface area (Å²) in [5.41, 5.74) is 1.85. The van der Waals surface area contributed by atoms with Crippen LogP contribution in [-0.4, -0.2) is 42.3 Å². The van der Waals surface area contributed by atoms with E-state index in [-0.39, 0.29) is 17.8 Å². The second kappa shape index (κ2) is 7.45. The van der Waals surface area contributed by atoms with Crippen LogP contribution in [0.4, 0.5) is 0 Å². The number of aromatic hydroxyl groups is 1. The topological polar surface area (TPSA) is 59.0 Å². The van der Waals surface area contributed by atoms with E-state index < -0.39 is 0 Å². The molecule has 3 rings (SSSR count). The number of phenols is 1. The van der Waals surface area contributed by atoms with E-state index in [9.17, 15) is 9.90 Å². The molecule has 134 valence electrons. The number of methoxy groups -OCH3 is 1. The van der Waals surface area contributed by atoms with E-state index in [0.717, 1.165) is 16.0 Å². The average molecular weight is 361 g/mol. The van der Waals surface area contributed by atoms with E-state index in [1.165, 1.54) is 12.0 Å². The Kier molecular flexibility index (Phi) is 5.30. The maximum Gasteiger partial charge on any atom is 0.323 e. The van der Waals surface area contributed by atoms with Gasteiger partial charge in [0.15, 0.2) is 11.5 Å². The van der Waals surface area contributed by atoms with Crippen molar-refractivity contribution in [1.29, 1.82) is 0 Å². The molecular weight excluding hydrogens is 338 g/mol. The monoisotopic (exact) mass is 361 g/mol. The minimum atomic E-state index is -0.311. The molecule has 6 heteroatoms. The molecule has 0 saturated heterocycles. The predicted octanol–water partition coefficient (Wildman–Crippen LogP) is 3.58.